The first-order valence-corrected chi connectivity index (χ1v) is 21.9. The lowest BCUT2D eigenvalue weighted by atomic mass is 9.88. The molecule has 0 aliphatic carbocycles. The first-order chi connectivity index (χ1) is 30.4. The summed E-state index contributed by atoms with van der Waals surface area (Å²) in [4.78, 5) is 14.3. The molecule has 7 aromatic carbocycles. The van der Waals surface area contributed by atoms with Gasteiger partial charge in [-0.2, -0.15) is 0 Å². The zero-order valence-electron chi connectivity index (χ0n) is 35.8. The Bertz CT molecular complexity index is 2940. The summed E-state index contributed by atoms with van der Waals surface area (Å²) in [6.07, 6.45) is 7.80. The van der Waals surface area contributed by atoms with Crippen molar-refractivity contribution in [1.82, 2.24) is 9.97 Å². The van der Waals surface area contributed by atoms with Gasteiger partial charge in [0, 0.05) is 51.9 Å². The van der Waals surface area contributed by atoms with Gasteiger partial charge < -0.3 is 9.80 Å². The Hall–Kier alpha value is -7.30. The van der Waals surface area contributed by atoms with Crippen LogP contribution in [0, 0.1) is 27.7 Å². The highest BCUT2D eigenvalue weighted by molar-refractivity contribution is 5.96. The van der Waals surface area contributed by atoms with Gasteiger partial charge in [0.05, 0.1) is 0 Å². The van der Waals surface area contributed by atoms with Crippen LogP contribution >= 0.6 is 0 Å². The summed E-state index contributed by atoms with van der Waals surface area (Å²) in [7, 11) is 0. The molecule has 9 aromatic rings. The monoisotopic (exact) mass is 800 g/mol. The normalized spacial score (nSPS) is 13.2. The van der Waals surface area contributed by atoms with Crippen molar-refractivity contribution in [3.8, 4) is 33.4 Å². The second kappa shape index (κ2) is 15.3. The quantitative estimate of drug-likeness (QED) is 0.174. The number of para-hydroxylation sites is 4. The van der Waals surface area contributed by atoms with Crippen LogP contribution in [0.3, 0.4) is 0 Å². The molecule has 2 aromatic heterocycles. The van der Waals surface area contributed by atoms with Crippen LogP contribution in [-0.4, -0.2) is 9.97 Å². The van der Waals surface area contributed by atoms with E-state index in [0.717, 1.165) is 47.8 Å². The van der Waals surface area contributed by atoms with Gasteiger partial charge in [-0.05, 0) is 216 Å². The first kappa shape index (κ1) is 37.7. The van der Waals surface area contributed by atoms with E-state index in [1.54, 1.807) is 0 Å². The number of aromatic nitrogens is 2. The Labute approximate surface area is 364 Å². The molecule has 62 heavy (non-hydrogen) atoms. The Kier molecular flexibility index (Phi) is 9.30. The zero-order valence-corrected chi connectivity index (χ0v) is 35.8. The van der Waals surface area contributed by atoms with Gasteiger partial charge in [0.1, 0.15) is 0 Å². The van der Waals surface area contributed by atoms with E-state index in [-0.39, 0.29) is 0 Å². The molecule has 0 spiro atoms. The Morgan fingerprint density at radius 3 is 1.16 bits per heavy atom. The number of hydrogen-bond acceptors (Lipinski definition) is 4. The van der Waals surface area contributed by atoms with Crippen LogP contribution < -0.4 is 9.80 Å². The third-order valence-corrected chi connectivity index (χ3v) is 13.2. The van der Waals surface area contributed by atoms with E-state index in [0.29, 0.717) is 0 Å². The van der Waals surface area contributed by atoms with Crippen LogP contribution in [0.5, 0.6) is 0 Å². The number of rotatable bonds is 5. The van der Waals surface area contributed by atoms with Gasteiger partial charge in [0.15, 0.2) is 5.65 Å². The molecule has 0 radical (unpaired) electrons. The Morgan fingerprint density at radius 2 is 0.726 bits per heavy atom. The molecule has 4 nitrogen and oxygen atoms in total. The second-order valence-corrected chi connectivity index (χ2v) is 17.1. The third-order valence-electron chi connectivity index (χ3n) is 13.2. The van der Waals surface area contributed by atoms with Crippen LogP contribution in [0.1, 0.15) is 44.5 Å². The smallest absolute Gasteiger partial charge is 0.159 e. The van der Waals surface area contributed by atoms with Gasteiger partial charge in [0.2, 0.25) is 0 Å². The van der Waals surface area contributed by atoms with E-state index in [1.807, 2.05) is 18.5 Å². The molecule has 4 heteroatoms. The highest BCUT2D eigenvalue weighted by atomic mass is 15.2. The molecule has 0 atom stereocenters. The lowest BCUT2D eigenvalue weighted by Gasteiger charge is -2.30. The number of fused-ring (bicyclic) bond motifs is 5. The van der Waals surface area contributed by atoms with Crippen molar-refractivity contribution in [2.45, 2.75) is 53.4 Å². The number of hydrogen-bond donors (Lipinski definition) is 0. The SMILES string of the molecule is Cc1cc(N2c3ccccc3CCc3ccccc32)c(C)cc1-c1cc(-c2cc(C)c(N3c4ccccc4CCc4ccccc43)cc2C)cc(-c2ccnc3ncccc23)c1. The third kappa shape index (κ3) is 6.46. The standard InChI is InChI=1S/C58H48N4/c1-37-32-56(61-52-19-9-5-14-41(52)23-24-42-15-6-10-20-53(42)61)39(3)30-50(37)46-34-45(48-27-29-60-58-49(48)18-13-28-59-58)35-47(36-46)51-31-40(4)57(33-38(51)2)62-54-21-11-7-16-43(54)25-26-44-17-8-12-22-55(44)62/h5-22,27-36H,23-26H2,1-4H3. The maximum Gasteiger partial charge on any atom is 0.159 e. The van der Waals surface area contributed by atoms with E-state index >= 15 is 0 Å². The van der Waals surface area contributed by atoms with E-state index in [4.69, 9.17) is 0 Å². The molecule has 11 rings (SSSR count). The minimum atomic E-state index is 0.751. The topological polar surface area (TPSA) is 32.3 Å². The molecule has 0 fully saturated rings. The molecular formula is C58H48N4. The Morgan fingerprint density at radius 1 is 0.339 bits per heavy atom. The van der Waals surface area contributed by atoms with Crippen molar-refractivity contribution in [3.63, 3.8) is 0 Å². The van der Waals surface area contributed by atoms with Gasteiger partial charge in [0.25, 0.3) is 0 Å². The predicted octanol–water partition coefficient (Wildman–Crippen LogP) is 15.0. The minimum Gasteiger partial charge on any atom is -0.310 e. The average molecular weight is 801 g/mol. The van der Waals surface area contributed by atoms with Crippen molar-refractivity contribution in [1.29, 1.82) is 0 Å². The summed E-state index contributed by atoms with van der Waals surface area (Å²) >= 11 is 0. The number of aryl methyl sites for hydroxylation is 8. The highest BCUT2D eigenvalue weighted by Gasteiger charge is 2.26. The van der Waals surface area contributed by atoms with Crippen molar-refractivity contribution >= 4 is 45.2 Å². The fourth-order valence-corrected chi connectivity index (χ4v) is 10.1. The largest absolute Gasteiger partial charge is 0.310 e. The van der Waals surface area contributed by atoms with Gasteiger partial charge in [-0.1, -0.05) is 72.8 Å². The zero-order chi connectivity index (χ0) is 41.9. The van der Waals surface area contributed by atoms with Gasteiger partial charge in [-0.15, -0.1) is 0 Å². The molecule has 0 unspecified atom stereocenters. The molecule has 2 aliphatic rings. The summed E-state index contributed by atoms with van der Waals surface area (Å²) < 4.78 is 0. The summed E-state index contributed by atoms with van der Waals surface area (Å²) in [5, 5.41) is 1.04. The van der Waals surface area contributed by atoms with E-state index in [2.05, 4.69) is 199 Å². The fourth-order valence-electron chi connectivity index (χ4n) is 10.1. The van der Waals surface area contributed by atoms with Crippen LogP contribution in [0.4, 0.5) is 34.1 Å². The number of benzene rings is 7. The Balaban J connectivity index is 1.09. The van der Waals surface area contributed by atoms with Crippen molar-refractivity contribution in [3.05, 3.63) is 215 Å². The van der Waals surface area contributed by atoms with Gasteiger partial charge >= 0.3 is 0 Å². The number of pyridine rings is 2. The van der Waals surface area contributed by atoms with Gasteiger partial charge in [-0.25, -0.2) is 9.97 Å². The fraction of sp³-hybridized carbons (Fsp3) is 0.138. The van der Waals surface area contributed by atoms with Crippen LogP contribution in [0.2, 0.25) is 0 Å². The van der Waals surface area contributed by atoms with Crippen molar-refractivity contribution < 1.29 is 0 Å². The lowest BCUT2D eigenvalue weighted by molar-refractivity contribution is 0.977. The molecule has 0 amide bonds. The summed E-state index contributed by atoms with van der Waals surface area (Å²) in [6, 6.07) is 58.7. The van der Waals surface area contributed by atoms with Crippen molar-refractivity contribution in [2.75, 3.05) is 9.80 Å². The first-order valence-electron chi connectivity index (χ1n) is 21.9. The molecule has 0 N–H and O–H groups in total. The van der Waals surface area contributed by atoms with Crippen molar-refractivity contribution in [2.24, 2.45) is 0 Å². The molecule has 0 saturated carbocycles. The second-order valence-electron chi connectivity index (χ2n) is 17.1. The van der Waals surface area contributed by atoms with Gasteiger partial charge in [-0.3, -0.25) is 0 Å². The predicted molar refractivity (Wildman–Crippen MR) is 259 cm³/mol. The molecule has 0 bridgehead atoms. The average Bonchev–Trinajstić information content (AvgIpc) is 3.58. The summed E-state index contributed by atoms with van der Waals surface area (Å²) in [5.41, 5.74) is 25.8. The molecular weight excluding hydrogens is 753 g/mol. The van der Waals surface area contributed by atoms with E-state index in [1.165, 1.54) is 101 Å². The number of nitrogens with zero attached hydrogens (tertiary/aromatic N) is 4. The maximum absolute atomic E-state index is 4.65. The highest BCUT2D eigenvalue weighted by Crippen LogP contribution is 2.47. The molecule has 2 aliphatic heterocycles. The van der Waals surface area contributed by atoms with Crippen LogP contribution in [0.15, 0.2) is 170 Å². The summed E-state index contributed by atoms with van der Waals surface area (Å²) in [5.74, 6) is 0. The lowest BCUT2D eigenvalue weighted by Crippen LogP contribution is -2.13. The minimum absolute atomic E-state index is 0.751. The van der Waals surface area contributed by atoms with Crippen LogP contribution in [0.25, 0.3) is 44.4 Å². The van der Waals surface area contributed by atoms with E-state index in [9.17, 15) is 0 Å². The summed E-state index contributed by atoms with van der Waals surface area (Å²) in [6.45, 7) is 9.08. The molecule has 0 saturated heterocycles. The molecule has 300 valence electrons. The van der Waals surface area contributed by atoms with Crippen LogP contribution in [-0.2, 0) is 25.7 Å². The van der Waals surface area contributed by atoms with E-state index < -0.39 is 0 Å². The maximum atomic E-state index is 4.65. The molecule has 4 heterocycles. The number of anilines is 6.